The van der Waals surface area contributed by atoms with Gasteiger partial charge in [-0.15, -0.1) is 0 Å². The van der Waals surface area contributed by atoms with Crippen molar-refractivity contribution in [3.05, 3.63) is 65.2 Å². The lowest BCUT2D eigenvalue weighted by atomic mass is 9.95. The minimum atomic E-state index is -4.49. The first kappa shape index (κ1) is 21.2. The number of nitrogens with zero attached hydrogens (tertiary/aromatic N) is 1. The zero-order valence-electron chi connectivity index (χ0n) is 16.8. The third-order valence-corrected chi connectivity index (χ3v) is 5.76. The molecule has 0 aliphatic carbocycles. The number of nitrogens with one attached hydrogen (secondary N) is 1. The average molecular weight is 432 g/mol. The molecule has 2 atom stereocenters. The predicted molar refractivity (Wildman–Crippen MR) is 107 cm³/mol. The summed E-state index contributed by atoms with van der Waals surface area (Å²) in [6.45, 7) is 0.862. The number of fused-ring (bicyclic) bond motifs is 1. The van der Waals surface area contributed by atoms with E-state index in [-0.39, 0.29) is 25.0 Å². The average Bonchev–Trinajstić information content (AvgIpc) is 3.16. The highest BCUT2D eigenvalue weighted by molar-refractivity contribution is 5.81. The van der Waals surface area contributed by atoms with Crippen molar-refractivity contribution in [2.24, 2.45) is 5.92 Å². The van der Waals surface area contributed by atoms with Crippen molar-refractivity contribution in [3.63, 3.8) is 0 Å². The maximum atomic E-state index is 13.2. The number of alkyl halides is 3. The first-order valence-electron chi connectivity index (χ1n) is 10.3. The fraction of sp³-hybridized carbons (Fsp3) is 0.391. The number of hydrogen-bond donors (Lipinski definition) is 1. The minimum absolute atomic E-state index is 0.0545. The smallest absolute Gasteiger partial charge is 0.416 e. The lowest BCUT2D eigenvalue weighted by molar-refractivity contribution is -0.137. The van der Waals surface area contributed by atoms with E-state index in [9.17, 15) is 22.8 Å². The monoisotopic (exact) mass is 432 g/mol. The lowest BCUT2D eigenvalue weighted by Crippen LogP contribution is -2.43. The number of amides is 2. The number of likely N-dealkylation sites (tertiary alicyclic amines) is 1. The van der Waals surface area contributed by atoms with Gasteiger partial charge in [-0.3, -0.25) is 9.59 Å². The Balaban J connectivity index is 1.55. The second-order valence-electron chi connectivity index (χ2n) is 7.95. The molecule has 0 bridgehead atoms. The molecular weight excluding hydrogens is 409 g/mol. The standard InChI is InChI=1S/C23H23F3N2O3/c24-23(25,26)18-7-3-6-15(12-18)19(13-28-10-4-9-21(28)29)27-22(30)17-11-16-5-1-2-8-20(16)31-14-17/h1-3,5-8,12,17,19H,4,9-11,13-14H2,(H,27,30)/t17-,19+/m0/s1. The summed E-state index contributed by atoms with van der Waals surface area (Å²) < 4.78 is 45.4. The molecule has 0 unspecified atom stereocenters. The van der Waals surface area contributed by atoms with Gasteiger partial charge in [0, 0.05) is 19.5 Å². The molecule has 0 aromatic heterocycles. The highest BCUT2D eigenvalue weighted by atomic mass is 19.4. The molecule has 2 aliphatic heterocycles. The summed E-state index contributed by atoms with van der Waals surface area (Å²) in [5.74, 6) is -0.0779. The second-order valence-corrected chi connectivity index (χ2v) is 7.95. The van der Waals surface area contributed by atoms with Crippen molar-refractivity contribution in [2.45, 2.75) is 31.5 Å². The molecule has 2 aromatic carbocycles. The van der Waals surface area contributed by atoms with Crippen molar-refractivity contribution in [3.8, 4) is 5.75 Å². The van der Waals surface area contributed by atoms with Gasteiger partial charge in [-0.2, -0.15) is 13.2 Å². The molecule has 0 radical (unpaired) electrons. The minimum Gasteiger partial charge on any atom is -0.492 e. The molecule has 1 fully saturated rings. The molecule has 8 heteroatoms. The second kappa shape index (κ2) is 8.61. The van der Waals surface area contributed by atoms with E-state index >= 15 is 0 Å². The summed E-state index contributed by atoms with van der Waals surface area (Å²) in [4.78, 5) is 26.7. The molecule has 2 aliphatic rings. The van der Waals surface area contributed by atoms with Crippen molar-refractivity contribution in [2.75, 3.05) is 19.7 Å². The van der Waals surface area contributed by atoms with E-state index in [1.54, 1.807) is 11.0 Å². The summed E-state index contributed by atoms with van der Waals surface area (Å²) >= 11 is 0. The van der Waals surface area contributed by atoms with Gasteiger partial charge in [-0.05, 0) is 42.2 Å². The molecule has 2 heterocycles. The van der Waals surface area contributed by atoms with Crippen molar-refractivity contribution in [1.29, 1.82) is 0 Å². The van der Waals surface area contributed by atoms with E-state index in [0.717, 1.165) is 23.4 Å². The molecular formula is C23H23F3N2O3. The Bertz CT molecular complexity index is 977. The zero-order chi connectivity index (χ0) is 22.0. The van der Waals surface area contributed by atoms with Gasteiger partial charge in [-0.25, -0.2) is 0 Å². The number of hydrogen-bond acceptors (Lipinski definition) is 3. The van der Waals surface area contributed by atoms with E-state index in [4.69, 9.17) is 4.74 Å². The van der Waals surface area contributed by atoms with Crippen LogP contribution in [0.15, 0.2) is 48.5 Å². The lowest BCUT2D eigenvalue weighted by Gasteiger charge is -2.29. The molecule has 0 spiro atoms. The number of ether oxygens (including phenoxy) is 1. The van der Waals surface area contributed by atoms with E-state index in [1.165, 1.54) is 6.07 Å². The summed E-state index contributed by atoms with van der Waals surface area (Å²) in [5.41, 5.74) is 0.450. The maximum absolute atomic E-state index is 13.2. The highest BCUT2D eigenvalue weighted by Gasteiger charge is 2.33. The van der Waals surface area contributed by atoms with Crippen molar-refractivity contribution >= 4 is 11.8 Å². The quantitative estimate of drug-likeness (QED) is 0.783. The molecule has 31 heavy (non-hydrogen) atoms. The van der Waals surface area contributed by atoms with Crippen LogP contribution in [0.5, 0.6) is 5.75 Å². The van der Waals surface area contributed by atoms with Gasteiger partial charge in [0.2, 0.25) is 11.8 Å². The SMILES string of the molecule is O=C(N[C@H](CN1CCCC1=O)c1cccc(C(F)(F)F)c1)[C@@H]1COc2ccccc2C1. The Morgan fingerprint density at radius 3 is 2.74 bits per heavy atom. The van der Waals surface area contributed by atoms with Gasteiger partial charge in [0.25, 0.3) is 0 Å². The summed E-state index contributed by atoms with van der Waals surface area (Å²) in [6, 6.07) is 11.6. The Morgan fingerprint density at radius 1 is 1.19 bits per heavy atom. The van der Waals surface area contributed by atoms with Gasteiger partial charge in [-0.1, -0.05) is 30.3 Å². The molecule has 2 aromatic rings. The highest BCUT2D eigenvalue weighted by Crippen LogP contribution is 2.32. The Hall–Kier alpha value is -3.03. The molecule has 2 amide bonds. The van der Waals surface area contributed by atoms with Crippen LogP contribution in [-0.4, -0.2) is 36.4 Å². The topological polar surface area (TPSA) is 58.6 Å². The fourth-order valence-electron chi connectivity index (χ4n) is 4.07. The van der Waals surface area contributed by atoms with Gasteiger partial charge in [0.15, 0.2) is 0 Å². The van der Waals surface area contributed by atoms with Crippen LogP contribution in [0.3, 0.4) is 0 Å². The summed E-state index contributed by atoms with van der Waals surface area (Å²) in [7, 11) is 0. The van der Waals surface area contributed by atoms with Crippen LogP contribution >= 0.6 is 0 Å². The Labute approximate surface area is 178 Å². The van der Waals surface area contributed by atoms with Crippen LogP contribution in [0.4, 0.5) is 13.2 Å². The molecule has 164 valence electrons. The third kappa shape index (κ3) is 4.84. The van der Waals surface area contributed by atoms with Crippen LogP contribution in [0, 0.1) is 5.92 Å². The molecule has 5 nitrogen and oxygen atoms in total. The van der Waals surface area contributed by atoms with E-state index in [2.05, 4.69) is 5.32 Å². The van der Waals surface area contributed by atoms with Crippen LogP contribution in [0.25, 0.3) is 0 Å². The fourth-order valence-corrected chi connectivity index (χ4v) is 4.07. The predicted octanol–water partition coefficient (Wildman–Crippen LogP) is 3.74. The first-order valence-corrected chi connectivity index (χ1v) is 10.3. The first-order chi connectivity index (χ1) is 14.8. The normalized spacial score (nSPS) is 19.5. The molecule has 0 saturated carbocycles. The maximum Gasteiger partial charge on any atom is 0.416 e. The number of rotatable bonds is 5. The van der Waals surface area contributed by atoms with Crippen molar-refractivity contribution in [1.82, 2.24) is 10.2 Å². The summed E-state index contributed by atoms with van der Waals surface area (Å²) in [5, 5.41) is 2.88. The number of benzene rings is 2. The van der Waals surface area contributed by atoms with Crippen LogP contribution in [0.1, 0.15) is 35.6 Å². The zero-order valence-corrected chi connectivity index (χ0v) is 16.8. The Morgan fingerprint density at radius 2 is 2.00 bits per heavy atom. The van der Waals surface area contributed by atoms with Gasteiger partial charge < -0.3 is 15.0 Å². The molecule has 4 rings (SSSR count). The van der Waals surface area contributed by atoms with Crippen LogP contribution in [0.2, 0.25) is 0 Å². The number of halogens is 3. The van der Waals surface area contributed by atoms with E-state index < -0.39 is 23.7 Å². The van der Waals surface area contributed by atoms with Crippen LogP contribution in [-0.2, 0) is 22.2 Å². The Kier molecular flexibility index (Phi) is 5.89. The van der Waals surface area contributed by atoms with Crippen LogP contribution < -0.4 is 10.1 Å². The number of carbonyl (C=O) groups is 2. The van der Waals surface area contributed by atoms with Crippen molar-refractivity contribution < 1.29 is 27.5 Å². The molecule has 1 N–H and O–H groups in total. The van der Waals surface area contributed by atoms with Gasteiger partial charge >= 0.3 is 6.18 Å². The van der Waals surface area contributed by atoms with Gasteiger partial charge in [0.05, 0.1) is 17.5 Å². The summed E-state index contributed by atoms with van der Waals surface area (Å²) in [6.07, 6.45) is -2.89. The number of para-hydroxylation sites is 1. The van der Waals surface area contributed by atoms with Gasteiger partial charge in [0.1, 0.15) is 12.4 Å². The number of carbonyl (C=O) groups excluding carboxylic acids is 2. The molecule has 1 saturated heterocycles. The third-order valence-electron chi connectivity index (χ3n) is 5.76. The van der Waals surface area contributed by atoms with E-state index in [1.807, 2.05) is 24.3 Å². The van der Waals surface area contributed by atoms with E-state index in [0.29, 0.717) is 31.4 Å². The largest absolute Gasteiger partial charge is 0.492 e.